The topological polar surface area (TPSA) is 32.3 Å². The van der Waals surface area contributed by atoms with E-state index in [1.807, 2.05) is 6.92 Å². The number of alkyl halides is 3. The summed E-state index contributed by atoms with van der Waals surface area (Å²) in [4.78, 5) is 13.1. The van der Waals surface area contributed by atoms with Crippen LogP contribution >= 0.6 is 24.2 Å². The van der Waals surface area contributed by atoms with Crippen molar-refractivity contribution >= 4 is 30.1 Å². The van der Waals surface area contributed by atoms with Crippen LogP contribution in [0.4, 0.5) is 13.2 Å². The molecule has 0 radical (unpaired) electrons. The largest absolute Gasteiger partial charge is 0.442 e. The maximum Gasteiger partial charge on any atom is 0.442 e. The van der Waals surface area contributed by atoms with Crippen LogP contribution in [0.3, 0.4) is 0 Å². The number of carbonyl (C=O) groups excluding carboxylic acids is 1. The van der Waals surface area contributed by atoms with Crippen molar-refractivity contribution in [2.75, 3.05) is 31.9 Å². The lowest BCUT2D eigenvalue weighted by Crippen LogP contribution is -2.41. The Balaban J connectivity index is 0.00000324. The average molecular weight is 321 g/mol. The monoisotopic (exact) mass is 320 g/mol. The van der Waals surface area contributed by atoms with Gasteiger partial charge in [-0.25, -0.2) is 0 Å². The van der Waals surface area contributed by atoms with Gasteiger partial charge in [-0.15, -0.1) is 12.4 Å². The lowest BCUT2D eigenvalue weighted by Gasteiger charge is -2.32. The highest BCUT2D eigenvalue weighted by atomic mass is 35.5. The molecule has 1 saturated heterocycles. The van der Waals surface area contributed by atoms with Crippen molar-refractivity contribution in [1.82, 2.24) is 10.2 Å². The number of likely N-dealkylation sites (tertiary alicyclic amines) is 1. The SMILES string of the molecule is CCNCC1CCN(C(=O)CSC(F)(F)F)CC1.Cl. The summed E-state index contributed by atoms with van der Waals surface area (Å²) in [6, 6.07) is 0. The van der Waals surface area contributed by atoms with Gasteiger partial charge in [0.15, 0.2) is 0 Å². The highest BCUT2D eigenvalue weighted by Gasteiger charge is 2.31. The molecule has 3 nitrogen and oxygen atoms in total. The molecular weight excluding hydrogens is 301 g/mol. The van der Waals surface area contributed by atoms with Gasteiger partial charge in [-0.3, -0.25) is 4.79 Å². The number of nitrogens with one attached hydrogen (secondary N) is 1. The number of hydrogen-bond donors (Lipinski definition) is 1. The van der Waals surface area contributed by atoms with Crippen LogP contribution in [0, 0.1) is 5.92 Å². The first-order chi connectivity index (χ1) is 8.42. The molecule has 0 atom stereocenters. The van der Waals surface area contributed by atoms with E-state index in [0.29, 0.717) is 19.0 Å². The molecule has 19 heavy (non-hydrogen) atoms. The van der Waals surface area contributed by atoms with E-state index in [2.05, 4.69) is 5.32 Å². The Hall–Kier alpha value is -0.140. The van der Waals surface area contributed by atoms with Gasteiger partial charge in [-0.2, -0.15) is 13.2 Å². The lowest BCUT2D eigenvalue weighted by molar-refractivity contribution is -0.129. The first-order valence-corrected chi connectivity index (χ1v) is 7.10. The van der Waals surface area contributed by atoms with E-state index in [1.165, 1.54) is 0 Å². The zero-order valence-corrected chi connectivity index (χ0v) is 12.5. The van der Waals surface area contributed by atoms with Crippen LogP contribution in [-0.2, 0) is 4.79 Å². The zero-order valence-electron chi connectivity index (χ0n) is 10.8. The molecule has 0 unspecified atom stereocenters. The van der Waals surface area contributed by atoms with E-state index in [1.54, 1.807) is 4.90 Å². The van der Waals surface area contributed by atoms with Crippen LogP contribution in [-0.4, -0.2) is 48.2 Å². The van der Waals surface area contributed by atoms with Crippen LogP contribution in [0.1, 0.15) is 19.8 Å². The predicted molar refractivity (Wildman–Crippen MR) is 73.6 cm³/mol. The molecule has 1 aliphatic rings. The van der Waals surface area contributed by atoms with Crippen LogP contribution < -0.4 is 5.32 Å². The molecule has 1 fully saturated rings. The third-order valence-corrected chi connectivity index (χ3v) is 3.73. The second kappa shape index (κ2) is 8.92. The Labute approximate surface area is 122 Å². The van der Waals surface area contributed by atoms with Crippen molar-refractivity contribution in [3.8, 4) is 0 Å². The summed E-state index contributed by atoms with van der Waals surface area (Å²) in [5.41, 5.74) is -4.32. The van der Waals surface area contributed by atoms with Gasteiger partial charge in [-0.1, -0.05) is 6.92 Å². The molecule has 0 bridgehead atoms. The average Bonchev–Trinajstić information content (AvgIpc) is 2.33. The molecule has 1 N–H and O–H groups in total. The summed E-state index contributed by atoms with van der Waals surface area (Å²) < 4.78 is 35.9. The summed E-state index contributed by atoms with van der Waals surface area (Å²) >= 11 is -0.254. The standard InChI is InChI=1S/C11H19F3N2OS.ClH/c1-2-15-7-9-3-5-16(6-4-9)10(17)8-18-11(12,13)14;/h9,15H,2-8H2,1H3;1H. The van der Waals surface area contributed by atoms with Gasteiger partial charge < -0.3 is 10.2 Å². The molecular formula is C11H20ClF3N2OS. The summed E-state index contributed by atoms with van der Waals surface area (Å²) in [6.07, 6.45) is 1.74. The van der Waals surface area contributed by atoms with Crippen molar-refractivity contribution in [1.29, 1.82) is 0 Å². The van der Waals surface area contributed by atoms with Crippen LogP contribution in [0.25, 0.3) is 0 Å². The minimum absolute atomic E-state index is 0. The van der Waals surface area contributed by atoms with Gasteiger partial charge in [0.1, 0.15) is 0 Å². The quantitative estimate of drug-likeness (QED) is 0.845. The van der Waals surface area contributed by atoms with Crippen LogP contribution in [0.5, 0.6) is 0 Å². The highest BCUT2D eigenvalue weighted by Crippen LogP contribution is 2.30. The molecule has 8 heteroatoms. The summed E-state index contributed by atoms with van der Waals surface area (Å²) in [5.74, 6) is -0.370. The Morgan fingerprint density at radius 2 is 1.95 bits per heavy atom. The second-order valence-corrected chi connectivity index (χ2v) is 5.41. The van der Waals surface area contributed by atoms with Crippen molar-refractivity contribution in [3.05, 3.63) is 0 Å². The molecule has 0 saturated carbocycles. The smallest absolute Gasteiger partial charge is 0.342 e. The minimum atomic E-state index is -4.32. The maximum atomic E-state index is 12.0. The van der Waals surface area contributed by atoms with Gasteiger partial charge in [-0.05, 0) is 43.6 Å². The fraction of sp³-hybridized carbons (Fsp3) is 0.909. The van der Waals surface area contributed by atoms with Gasteiger partial charge in [0, 0.05) is 13.1 Å². The zero-order chi connectivity index (χ0) is 13.6. The normalized spacial score (nSPS) is 17.2. The van der Waals surface area contributed by atoms with Gasteiger partial charge in [0.2, 0.25) is 5.91 Å². The second-order valence-electron chi connectivity index (χ2n) is 4.37. The number of nitrogens with zero attached hydrogens (tertiary/aromatic N) is 1. The van der Waals surface area contributed by atoms with Crippen LogP contribution in [0.2, 0.25) is 0 Å². The van der Waals surface area contributed by atoms with E-state index in [4.69, 9.17) is 0 Å². The van der Waals surface area contributed by atoms with Crippen molar-refractivity contribution < 1.29 is 18.0 Å². The molecule has 0 aromatic rings. The molecule has 0 aliphatic carbocycles. The first kappa shape index (κ1) is 18.9. The molecule has 0 spiro atoms. The fourth-order valence-electron chi connectivity index (χ4n) is 1.97. The molecule has 1 amide bonds. The van der Waals surface area contributed by atoms with Crippen LogP contribution in [0.15, 0.2) is 0 Å². The van der Waals surface area contributed by atoms with Crippen molar-refractivity contribution in [2.45, 2.75) is 25.3 Å². The molecule has 1 aliphatic heterocycles. The van der Waals surface area contributed by atoms with E-state index in [-0.39, 0.29) is 24.2 Å². The number of carbonyl (C=O) groups is 1. The molecule has 114 valence electrons. The Bertz CT molecular complexity index is 271. The minimum Gasteiger partial charge on any atom is -0.342 e. The Morgan fingerprint density at radius 3 is 2.42 bits per heavy atom. The van der Waals surface area contributed by atoms with E-state index >= 15 is 0 Å². The molecule has 1 rings (SSSR count). The number of amides is 1. The molecule has 0 aromatic carbocycles. The van der Waals surface area contributed by atoms with Gasteiger partial charge in [0.05, 0.1) is 5.75 Å². The predicted octanol–water partition coefficient (Wildman–Crippen LogP) is 2.51. The third-order valence-electron chi connectivity index (χ3n) is 3.01. The number of piperidine rings is 1. The number of halogens is 4. The highest BCUT2D eigenvalue weighted by molar-refractivity contribution is 8.00. The van der Waals surface area contributed by atoms with E-state index in [9.17, 15) is 18.0 Å². The van der Waals surface area contributed by atoms with Crippen molar-refractivity contribution in [3.63, 3.8) is 0 Å². The van der Waals surface area contributed by atoms with Crippen molar-refractivity contribution in [2.24, 2.45) is 5.92 Å². The maximum absolute atomic E-state index is 12.0. The van der Waals surface area contributed by atoms with E-state index < -0.39 is 17.2 Å². The number of thioether (sulfide) groups is 1. The van der Waals surface area contributed by atoms with Gasteiger partial charge in [0.25, 0.3) is 0 Å². The number of hydrogen-bond acceptors (Lipinski definition) is 3. The third kappa shape index (κ3) is 7.89. The summed E-state index contributed by atoms with van der Waals surface area (Å²) in [5, 5.41) is 3.25. The van der Waals surface area contributed by atoms with E-state index in [0.717, 1.165) is 25.9 Å². The Kier molecular flexibility index (Phi) is 8.85. The molecule has 0 aromatic heterocycles. The molecule has 1 heterocycles. The number of rotatable bonds is 5. The van der Waals surface area contributed by atoms with Gasteiger partial charge >= 0.3 is 5.51 Å². The first-order valence-electron chi connectivity index (χ1n) is 6.11. The lowest BCUT2D eigenvalue weighted by atomic mass is 9.97. The summed E-state index contributed by atoms with van der Waals surface area (Å²) in [7, 11) is 0. The Morgan fingerprint density at radius 1 is 1.37 bits per heavy atom. The summed E-state index contributed by atoms with van der Waals surface area (Å²) in [6.45, 7) is 5.03. The fourth-order valence-corrected chi connectivity index (χ4v) is 2.44.